The molecule has 4 heteroatoms. The van der Waals surface area contributed by atoms with Crippen molar-refractivity contribution in [1.29, 1.82) is 0 Å². The standard InChI is InChI=1S/C48H70N4/c1-18-19-20-32-47-45(30(14)15)43(28(10)11)37(51-47)22-35-41(26(6)7)39(24(2)3)33(49-35)21-34-40(25(4)5)42(27(8)9)36(50-34)23-38-44(29(12)13)46(31(16)17)48(32)52-38/h21-31,49-50H,18-20H2,1-17H3. The molecule has 52 heavy (non-hydrogen) atoms. The van der Waals surface area contributed by atoms with E-state index in [0.29, 0.717) is 47.3 Å². The second-order valence-electron chi connectivity index (χ2n) is 18.2. The van der Waals surface area contributed by atoms with Gasteiger partial charge in [0.1, 0.15) is 0 Å². The van der Waals surface area contributed by atoms with Gasteiger partial charge in [-0.15, -0.1) is 0 Å². The van der Waals surface area contributed by atoms with E-state index in [9.17, 15) is 0 Å². The van der Waals surface area contributed by atoms with Crippen molar-refractivity contribution in [2.45, 2.75) is 161 Å². The minimum atomic E-state index is 0.331. The maximum Gasteiger partial charge on any atom is 0.0728 e. The molecule has 3 aromatic rings. The highest BCUT2D eigenvalue weighted by Crippen LogP contribution is 2.47. The molecule has 2 aliphatic heterocycles. The van der Waals surface area contributed by atoms with E-state index in [1.165, 1.54) is 83.6 Å². The van der Waals surface area contributed by atoms with Crippen molar-refractivity contribution >= 4 is 44.4 Å². The van der Waals surface area contributed by atoms with Crippen LogP contribution in [0.25, 0.3) is 44.4 Å². The van der Waals surface area contributed by atoms with E-state index in [0.717, 1.165) is 30.7 Å². The molecule has 5 heterocycles. The van der Waals surface area contributed by atoms with Crippen LogP contribution in [0.15, 0.2) is 18.2 Å². The van der Waals surface area contributed by atoms with Crippen molar-refractivity contribution in [3.8, 4) is 0 Å². The van der Waals surface area contributed by atoms with Crippen molar-refractivity contribution in [1.82, 2.24) is 19.9 Å². The van der Waals surface area contributed by atoms with Gasteiger partial charge in [0.15, 0.2) is 0 Å². The molecule has 0 spiro atoms. The van der Waals surface area contributed by atoms with Gasteiger partial charge in [-0.25, -0.2) is 9.97 Å². The average molecular weight is 703 g/mol. The predicted octanol–water partition coefficient (Wildman–Crippen LogP) is 14.6. The number of rotatable bonds is 11. The Bertz CT molecular complexity index is 1890. The molecule has 0 atom stereocenters. The van der Waals surface area contributed by atoms with Gasteiger partial charge in [-0.05, 0) is 123 Å². The lowest BCUT2D eigenvalue weighted by Gasteiger charge is -2.19. The predicted molar refractivity (Wildman–Crippen MR) is 229 cm³/mol. The molecule has 0 radical (unpaired) electrons. The first-order chi connectivity index (χ1) is 24.4. The van der Waals surface area contributed by atoms with Crippen LogP contribution in [0.1, 0.15) is 205 Å². The molecule has 0 aromatic carbocycles. The van der Waals surface area contributed by atoms with E-state index in [2.05, 4.69) is 146 Å². The van der Waals surface area contributed by atoms with Crippen molar-refractivity contribution < 1.29 is 0 Å². The second kappa shape index (κ2) is 15.5. The molecule has 2 N–H and O–H groups in total. The van der Waals surface area contributed by atoms with Gasteiger partial charge in [0.2, 0.25) is 0 Å². The molecule has 4 nitrogen and oxygen atoms in total. The Labute approximate surface area is 316 Å². The molecule has 3 aromatic heterocycles. The Morgan fingerprint density at radius 2 is 0.731 bits per heavy atom. The Kier molecular flexibility index (Phi) is 11.9. The quantitative estimate of drug-likeness (QED) is 0.209. The van der Waals surface area contributed by atoms with Crippen molar-refractivity contribution in [3.05, 3.63) is 68.8 Å². The van der Waals surface area contributed by atoms with Crippen LogP contribution in [-0.2, 0) is 6.42 Å². The van der Waals surface area contributed by atoms with Crippen LogP contribution in [0.2, 0.25) is 0 Å². The average Bonchev–Trinajstić information content (AvgIpc) is 3.78. The van der Waals surface area contributed by atoms with E-state index in [1.807, 2.05) is 0 Å². The second-order valence-corrected chi connectivity index (χ2v) is 18.2. The SMILES string of the molecule is CCCCc1c2nc(cc3[nH]c(cc4[nH]c(cc5nc1C(C(C)C)=C5C(C)C)c(C(C)C)c4C(C)C)c(C(C)C)c3C(C)C)C(C(C)C)=C2C(C)C. The number of hydrogen-bond acceptors (Lipinski definition) is 2. The van der Waals surface area contributed by atoms with Crippen LogP contribution in [-0.4, -0.2) is 19.9 Å². The zero-order valence-corrected chi connectivity index (χ0v) is 35.9. The van der Waals surface area contributed by atoms with Gasteiger partial charge in [-0.2, -0.15) is 0 Å². The van der Waals surface area contributed by atoms with Crippen LogP contribution >= 0.6 is 0 Å². The third kappa shape index (κ3) is 7.13. The Morgan fingerprint density at radius 3 is 1.00 bits per heavy atom. The number of fused-ring (bicyclic) bond motifs is 8. The number of hydrogen-bond donors (Lipinski definition) is 2. The summed E-state index contributed by atoms with van der Waals surface area (Å²) in [4.78, 5) is 19.5. The first-order valence-corrected chi connectivity index (χ1v) is 20.7. The van der Waals surface area contributed by atoms with Crippen LogP contribution in [0.4, 0.5) is 0 Å². The normalized spacial score (nSPS) is 14.2. The van der Waals surface area contributed by atoms with Crippen molar-refractivity contribution in [2.75, 3.05) is 0 Å². The van der Waals surface area contributed by atoms with Gasteiger partial charge in [0, 0.05) is 27.6 Å². The third-order valence-electron chi connectivity index (χ3n) is 11.2. The molecule has 0 aliphatic carbocycles. The summed E-state index contributed by atoms with van der Waals surface area (Å²) in [5, 5.41) is 0. The summed E-state index contributed by atoms with van der Waals surface area (Å²) in [6, 6.07) is 7.21. The highest BCUT2D eigenvalue weighted by Gasteiger charge is 2.32. The molecule has 0 amide bonds. The fraction of sp³-hybridized carbons (Fsp3) is 0.583. The van der Waals surface area contributed by atoms with Gasteiger partial charge in [-0.1, -0.05) is 124 Å². The number of allylic oxidation sites excluding steroid dienone is 4. The molecule has 0 saturated carbocycles. The Balaban J connectivity index is 2.21. The number of nitrogens with one attached hydrogen (secondary N) is 2. The smallest absolute Gasteiger partial charge is 0.0728 e. The summed E-state index contributed by atoms with van der Waals surface area (Å²) in [5.41, 5.74) is 21.9. The Morgan fingerprint density at radius 1 is 0.423 bits per heavy atom. The first-order valence-electron chi connectivity index (χ1n) is 20.7. The zero-order valence-electron chi connectivity index (χ0n) is 35.9. The highest BCUT2D eigenvalue weighted by molar-refractivity contribution is 5.99. The number of nitrogens with zero attached hydrogens (tertiary/aromatic N) is 2. The molecule has 282 valence electrons. The summed E-state index contributed by atoms with van der Waals surface area (Å²) in [5.74, 6) is 2.76. The zero-order chi connectivity index (χ0) is 38.5. The maximum atomic E-state index is 5.74. The lowest BCUT2D eigenvalue weighted by Crippen LogP contribution is -2.06. The van der Waals surface area contributed by atoms with Gasteiger partial charge >= 0.3 is 0 Å². The highest BCUT2D eigenvalue weighted by atomic mass is 14.8. The molecular weight excluding hydrogens is 633 g/mol. The third-order valence-corrected chi connectivity index (χ3v) is 11.2. The van der Waals surface area contributed by atoms with Crippen molar-refractivity contribution in [2.24, 2.45) is 23.7 Å². The molecule has 8 bridgehead atoms. The minimum Gasteiger partial charge on any atom is -0.355 e. The monoisotopic (exact) mass is 703 g/mol. The summed E-state index contributed by atoms with van der Waals surface area (Å²) in [6.07, 6.45) is 3.20. The van der Waals surface area contributed by atoms with E-state index in [4.69, 9.17) is 9.97 Å². The fourth-order valence-corrected chi connectivity index (χ4v) is 9.28. The van der Waals surface area contributed by atoms with Gasteiger partial charge in [-0.3, -0.25) is 0 Å². The van der Waals surface area contributed by atoms with Crippen LogP contribution in [0.3, 0.4) is 0 Å². The maximum absolute atomic E-state index is 5.74. The number of aromatic amines is 2. The molecular formula is C48H70N4. The number of unbranched alkanes of at least 4 members (excludes halogenated alkanes) is 1. The van der Waals surface area contributed by atoms with Crippen LogP contribution < -0.4 is 0 Å². The summed E-state index contributed by atoms with van der Waals surface area (Å²) >= 11 is 0. The summed E-state index contributed by atoms with van der Waals surface area (Å²) in [6.45, 7) is 39.9. The van der Waals surface area contributed by atoms with Gasteiger partial charge in [0.25, 0.3) is 0 Å². The van der Waals surface area contributed by atoms with Gasteiger partial charge in [0.05, 0.1) is 22.8 Å². The molecule has 0 saturated heterocycles. The van der Waals surface area contributed by atoms with Gasteiger partial charge < -0.3 is 9.97 Å². The topological polar surface area (TPSA) is 57.4 Å². The van der Waals surface area contributed by atoms with E-state index < -0.39 is 0 Å². The first kappa shape index (κ1) is 39.8. The lowest BCUT2D eigenvalue weighted by molar-refractivity contribution is 0.775. The van der Waals surface area contributed by atoms with E-state index >= 15 is 0 Å². The Hall–Kier alpha value is -3.40. The fourth-order valence-electron chi connectivity index (χ4n) is 9.28. The number of H-pyrrole nitrogens is 2. The van der Waals surface area contributed by atoms with E-state index in [-0.39, 0.29) is 0 Å². The van der Waals surface area contributed by atoms with Crippen LogP contribution in [0, 0.1) is 23.7 Å². The van der Waals surface area contributed by atoms with Crippen molar-refractivity contribution in [3.63, 3.8) is 0 Å². The summed E-state index contributed by atoms with van der Waals surface area (Å²) in [7, 11) is 0. The largest absolute Gasteiger partial charge is 0.355 e. The molecule has 5 rings (SSSR count). The molecule has 0 unspecified atom stereocenters. The number of aromatic nitrogens is 4. The molecule has 2 aliphatic rings. The van der Waals surface area contributed by atoms with E-state index in [1.54, 1.807) is 0 Å². The molecule has 0 fully saturated rings. The lowest BCUT2D eigenvalue weighted by atomic mass is 9.83. The minimum absolute atomic E-state index is 0.331. The summed E-state index contributed by atoms with van der Waals surface area (Å²) < 4.78 is 0. The van der Waals surface area contributed by atoms with Crippen LogP contribution in [0.5, 0.6) is 0 Å².